The Morgan fingerprint density at radius 2 is 1.94 bits per heavy atom. The number of aryl methyl sites for hydroxylation is 2. The molecule has 90 valence electrons. The van der Waals surface area contributed by atoms with Crippen LogP contribution < -0.4 is 10.5 Å². The molecule has 2 rings (SSSR count). The number of nitrogens with zero attached hydrogens (tertiary/aromatic N) is 2. The first kappa shape index (κ1) is 11.7. The largest absolute Gasteiger partial charge is 0.497 e. The van der Waals surface area contributed by atoms with E-state index in [0.717, 1.165) is 28.3 Å². The molecular formula is C13H17N3O. The number of nitrogens with two attached hydrogens (primary N) is 1. The second kappa shape index (κ2) is 4.59. The van der Waals surface area contributed by atoms with Crippen molar-refractivity contribution in [2.24, 2.45) is 12.8 Å². The Hall–Kier alpha value is -1.81. The van der Waals surface area contributed by atoms with Crippen LogP contribution in [-0.2, 0) is 13.6 Å². The lowest BCUT2D eigenvalue weighted by atomic mass is 10.1. The van der Waals surface area contributed by atoms with Crippen LogP contribution in [0.15, 0.2) is 24.3 Å². The molecule has 0 fully saturated rings. The normalized spacial score (nSPS) is 10.6. The Balaban J connectivity index is 2.51. The molecule has 0 aliphatic rings. The molecule has 0 amide bonds. The minimum Gasteiger partial charge on any atom is -0.497 e. The zero-order valence-corrected chi connectivity index (χ0v) is 10.4. The maximum Gasteiger partial charge on any atom is 0.118 e. The highest BCUT2D eigenvalue weighted by Gasteiger charge is 2.13. The van der Waals surface area contributed by atoms with Gasteiger partial charge in [-0.3, -0.25) is 4.68 Å². The first-order valence-corrected chi connectivity index (χ1v) is 5.54. The summed E-state index contributed by atoms with van der Waals surface area (Å²) in [7, 11) is 3.60. The maximum absolute atomic E-state index is 5.78. The van der Waals surface area contributed by atoms with Gasteiger partial charge >= 0.3 is 0 Å². The van der Waals surface area contributed by atoms with Crippen LogP contribution in [0.4, 0.5) is 0 Å². The van der Waals surface area contributed by atoms with Crippen LogP contribution in [0.2, 0.25) is 0 Å². The first-order chi connectivity index (χ1) is 8.17. The molecular weight excluding hydrogens is 214 g/mol. The highest BCUT2D eigenvalue weighted by atomic mass is 16.5. The lowest BCUT2D eigenvalue weighted by Gasteiger charge is -2.06. The van der Waals surface area contributed by atoms with Crippen molar-refractivity contribution in [1.29, 1.82) is 0 Å². The second-order valence-electron chi connectivity index (χ2n) is 3.97. The highest BCUT2D eigenvalue weighted by Crippen LogP contribution is 2.26. The summed E-state index contributed by atoms with van der Waals surface area (Å²) < 4.78 is 7.02. The minimum absolute atomic E-state index is 0.501. The van der Waals surface area contributed by atoms with E-state index in [1.54, 1.807) is 7.11 Å². The zero-order chi connectivity index (χ0) is 12.4. The average Bonchev–Trinajstić information content (AvgIpc) is 2.63. The van der Waals surface area contributed by atoms with Gasteiger partial charge in [-0.1, -0.05) is 0 Å². The third-order valence-electron chi connectivity index (χ3n) is 2.91. The second-order valence-corrected chi connectivity index (χ2v) is 3.97. The van der Waals surface area contributed by atoms with Crippen LogP contribution in [0.25, 0.3) is 11.3 Å². The van der Waals surface area contributed by atoms with E-state index in [-0.39, 0.29) is 0 Å². The van der Waals surface area contributed by atoms with E-state index >= 15 is 0 Å². The van der Waals surface area contributed by atoms with Crippen LogP contribution in [0.5, 0.6) is 5.75 Å². The third kappa shape index (κ3) is 2.03. The monoisotopic (exact) mass is 231 g/mol. The Morgan fingerprint density at radius 1 is 1.29 bits per heavy atom. The summed E-state index contributed by atoms with van der Waals surface area (Å²) >= 11 is 0. The fraction of sp³-hybridized carbons (Fsp3) is 0.308. The van der Waals surface area contributed by atoms with Gasteiger partial charge in [-0.05, 0) is 31.2 Å². The Bertz CT molecular complexity index is 514. The van der Waals surface area contributed by atoms with Gasteiger partial charge in [0.1, 0.15) is 5.75 Å². The molecule has 4 nitrogen and oxygen atoms in total. The van der Waals surface area contributed by atoms with Crippen LogP contribution >= 0.6 is 0 Å². The summed E-state index contributed by atoms with van der Waals surface area (Å²) in [6, 6.07) is 7.93. The number of aromatic nitrogens is 2. The molecule has 0 atom stereocenters. The predicted molar refractivity (Wildman–Crippen MR) is 67.8 cm³/mol. The quantitative estimate of drug-likeness (QED) is 0.877. The van der Waals surface area contributed by atoms with Gasteiger partial charge in [0, 0.05) is 24.7 Å². The van der Waals surface area contributed by atoms with Crippen molar-refractivity contribution in [3.63, 3.8) is 0 Å². The van der Waals surface area contributed by atoms with Crippen LogP contribution in [-0.4, -0.2) is 16.9 Å². The molecule has 0 spiro atoms. The van der Waals surface area contributed by atoms with E-state index in [0.29, 0.717) is 6.54 Å². The lowest BCUT2D eigenvalue weighted by molar-refractivity contribution is 0.415. The van der Waals surface area contributed by atoms with Crippen molar-refractivity contribution in [3.05, 3.63) is 35.5 Å². The molecule has 0 unspecified atom stereocenters. The average molecular weight is 231 g/mol. The number of rotatable bonds is 3. The highest BCUT2D eigenvalue weighted by molar-refractivity contribution is 5.65. The Kier molecular flexibility index (Phi) is 3.15. The fourth-order valence-corrected chi connectivity index (χ4v) is 2.06. The van der Waals surface area contributed by atoms with Gasteiger partial charge in [0.25, 0.3) is 0 Å². The molecule has 2 aromatic rings. The first-order valence-electron chi connectivity index (χ1n) is 5.54. The number of hydrogen-bond acceptors (Lipinski definition) is 3. The number of benzene rings is 1. The van der Waals surface area contributed by atoms with E-state index in [9.17, 15) is 0 Å². The molecule has 0 aliphatic heterocycles. The van der Waals surface area contributed by atoms with E-state index in [1.165, 1.54) is 0 Å². The Labute approximate surface area is 101 Å². The smallest absolute Gasteiger partial charge is 0.118 e. The van der Waals surface area contributed by atoms with Gasteiger partial charge < -0.3 is 10.5 Å². The zero-order valence-electron chi connectivity index (χ0n) is 10.4. The van der Waals surface area contributed by atoms with E-state index in [2.05, 4.69) is 5.10 Å². The van der Waals surface area contributed by atoms with Crippen LogP contribution in [0, 0.1) is 6.92 Å². The lowest BCUT2D eigenvalue weighted by Crippen LogP contribution is -2.00. The molecule has 4 heteroatoms. The van der Waals surface area contributed by atoms with Crippen LogP contribution in [0.1, 0.15) is 11.3 Å². The van der Waals surface area contributed by atoms with Gasteiger partial charge in [-0.25, -0.2) is 0 Å². The van der Waals surface area contributed by atoms with Crippen molar-refractivity contribution in [3.8, 4) is 17.0 Å². The van der Waals surface area contributed by atoms with Gasteiger partial charge in [0.15, 0.2) is 0 Å². The number of methoxy groups -OCH3 is 1. The summed E-state index contributed by atoms with van der Waals surface area (Å²) in [5.74, 6) is 0.849. The molecule has 0 aliphatic carbocycles. The molecule has 0 bridgehead atoms. The standard InChI is InChI=1S/C13H17N3O/c1-9-12(8-14)13(16(2)15-9)10-4-6-11(17-3)7-5-10/h4-7H,8,14H2,1-3H3. The SMILES string of the molecule is COc1ccc(-c2c(CN)c(C)nn2C)cc1. The predicted octanol–water partition coefficient (Wildman–Crippen LogP) is 1.86. The van der Waals surface area contributed by atoms with Crippen molar-refractivity contribution in [1.82, 2.24) is 9.78 Å². The van der Waals surface area contributed by atoms with E-state index in [4.69, 9.17) is 10.5 Å². The van der Waals surface area contributed by atoms with Crippen LogP contribution in [0.3, 0.4) is 0 Å². The fourth-order valence-electron chi connectivity index (χ4n) is 2.06. The van der Waals surface area contributed by atoms with Gasteiger partial charge in [0.05, 0.1) is 18.5 Å². The molecule has 2 N–H and O–H groups in total. The minimum atomic E-state index is 0.501. The molecule has 1 aromatic heterocycles. The summed E-state index contributed by atoms with van der Waals surface area (Å²) in [4.78, 5) is 0. The van der Waals surface area contributed by atoms with Crippen molar-refractivity contribution < 1.29 is 4.74 Å². The van der Waals surface area contributed by atoms with Crippen molar-refractivity contribution in [2.75, 3.05) is 7.11 Å². The van der Waals surface area contributed by atoms with Gasteiger partial charge in [-0.15, -0.1) is 0 Å². The summed E-state index contributed by atoms with van der Waals surface area (Å²) in [5, 5.41) is 4.41. The maximum atomic E-state index is 5.78. The molecule has 0 radical (unpaired) electrons. The van der Waals surface area contributed by atoms with E-state index in [1.807, 2.05) is 42.9 Å². The molecule has 17 heavy (non-hydrogen) atoms. The van der Waals surface area contributed by atoms with Gasteiger partial charge in [0.2, 0.25) is 0 Å². The topological polar surface area (TPSA) is 53.1 Å². The molecule has 0 saturated carbocycles. The third-order valence-corrected chi connectivity index (χ3v) is 2.91. The van der Waals surface area contributed by atoms with Gasteiger partial charge in [-0.2, -0.15) is 5.10 Å². The Morgan fingerprint density at radius 3 is 2.47 bits per heavy atom. The molecule has 1 aromatic carbocycles. The number of ether oxygens (including phenoxy) is 1. The molecule has 0 saturated heterocycles. The number of hydrogen-bond donors (Lipinski definition) is 1. The summed E-state index contributed by atoms with van der Waals surface area (Å²) in [6.07, 6.45) is 0. The summed E-state index contributed by atoms with van der Waals surface area (Å²) in [5.41, 5.74) is 10.0. The van der Waals surface area contributed by atoms with Crippen molar-refractivity contribution >= 4 is 0 Å². The van der Waals surface area contributed by atoms with E-state index < -0.39 is 0 Å². The summed E-state index contributed by atoms with van der Waals surface area (Å²) in [6.45, 7) is 2.48. The molecule has 1 heterocycles. The van der Waals surface area contributed by atoms with Crippen molar-refractivity contribution in [2.45, 2.75) is 13.5 Å².